The van der Waals surface area contributed by atoms with Crippen LogP contribution in [-0.4, -0.2) is 24.4 Å². The second-order valence-corrected chi connectivity index (χ2v) is 4.65. The van der Waals surface area contributed by atoms with Crippen LogP contribution < -0.4 is 10.2 Å². The number of hydrogen-bond acceptors (Lipinski definition) is 2. The van der Waals surface area contributed by atoms with Gasteiger partial charge in [0.1, 0.15) is 11.9 Å². The minimum Gasteiger partial charge on any atom is -0.345 e. The number of amides is 2. The number of nitrogens with one attached hydrogen (secondary N) is 1. The van der Waals surface area contributed by atoms with Gasteiger partial charge in [-0.05, 0) is 24.1 Å². The van der Waals surface area contributed by atoms with Crippen molar-refractivity contribution in [3.05, 3.63) is 30.1 Å². The molecule has 2 amide bonds. The quantitative estimate of drug-likeness (QED) is 0.860. The zero-order valence-corrected chi connectivity index (χ0v) is 10.3. The van der Waals surface area contributed by atoms with Crippen LogP contribution in [0.1, 0.15) is 13.8 Å². The molecule has 1 aliphatic heterocycles. The summed E-state index contributed by atoms with van der Waals surface area (Å²) < 4.78 is 13.2. The van der Waals surface area contributed by atoms with Gasteiger partial charge in [-0.15, -0.1) is 0 Å². The molecule has 1 N–H and O–H groups in total. The summed E-state index contributed by atoms with van der Waals surface area (Å²) in [4.78, 5) is 25.2. The van der Waals surface area contributed by atoms with Gasteiger partial charge in [-0.1, -0.05) is 19.9 Å². The molecule has 1 atom stereocenters. The molecule has 1 aromatic carbocycles. The van der Waals surface area contributed by atoms with Crippen molar-refractivity contribution in [2.45, 2.75) is 19.9 Å². The summed E-state index contributed by atoms with van der Waals surface area (Å²) in [6.45, 7) is 3.67. The molecule has 0 aromatic heterocycles. The van der Waals surface area contributed by atoms with Gasteiger partial charge in [0.25, 0.3) is 0 Å². The number of carbonyl (C=O) groups excluding carboxylic acids is 2. The first-order valence-corrected chi connectivity index (χ1v) is 5.86. The van der Waals surface area contributed by atoms with Crippen molar-refractivity contribution >= 4 is 17.5 Å². The number of halogens is 1. The molecule has 1 aromatic rings. The molecule has 2 rings (SSSR count). The summed E-state index contributed by atoms with van der Waals surface area (Å²) >= 11 is 0. The summed E-state index contributed by atoms with van der Waals surface area (Å²) in [5.74, 6) is -0.890. The van der Waals surface area contributed by atoms with Crippen molar-refractivity contribution in [3.8, 4) is 0 Å². The Balaban J connectivity index is 2.43. The van der Waals surface area contributed by atoms with E-state index in [1.807, 2.05) is 13.8 Å². The fraction of sp³-hybridized carbons (Fsp3) is 0.385. The standard InChI is InChI=1S/C13H15FN2O2/c1-8(2)12-13(18)15-7-11(17)16(12)10-5-3-4-9(14)6-10/h3-6,8,12H,7H2,1-2H3,(H,15,18). The Hall–Kier alpha value is -1.91. The first kappa shape index (κ1) is 12.5. The Kier molecular flexibility index (Phi) is 3.32. The third-order valence-corrected chi connectivity index (χ3v) is 2.95. The smallest absolute Gasteiger partial charge is 0.247 e. The summed E-state index contributed by atoms with van der Waals surface area (Å²) in [5.41, 5.74) is 0.425. The summed E-state index contributed by atoms with van der Waals surface area (Å²) in [5, 5.41) is 2.55. The molecular formula is C13H15FN2O2. The van der Waals surface area contributed by atoms with Crippen molar-refractivity contribution in [2.24, 2.45) is 5.92 Å². The van der Waals surface area contributed by atoms with E-state index >= 15 is 0 Å². The molecule has 0 saturated carbocycles. The average molecular weight is 250 g/mol. The maximum atomic E-state index is 13.2. The number of piperazine rings is 1. The molecule has 1 unspecified atom stereocenters. The van der Waals surface area contributed by atoms with Crippen molar-refractivity contribution < 1.29 is 14.0 Å². The van der Waals surface area contributed by atoms with E-state index in [1.165, 1.54) is 23.1 Å². The Bertz CT molecular complexity index is 488. The minimum atomic E-state index is -0.590. The molecule has 0 spiro atoms. The number of nitrogens with zero attached hydrogens (tertiary/aromatic N) is 1. The van der Waals surface area contributed by atoms with Gasteiger partial charge in [-0.2, -0.15) is 0 Å². The fourth-order valence-corrected chi connectivity index (χ4v) is 2.16. The summed E-state index contributed by atoms with van der Waals surface area (Å²) in [6, 6.07) is 5.15. The normalized spacial score (nSPS) is 20.2. The third kappa shape index (κ3) is 2.20. The van der Waals surface area contributed by atoms with Gasteiger partial charge in [0.05, 0.1) is 6.54 Å². The first-order chi connectivity index (χ1) is 8.50. The number of hydrogen-bond donors (Lipinski definition) is 1. The highest BCUT2D eigenvalue weighted by molar-refractivity contribution is 6.06. The summed E-state index contributed by atoms with van der Waals surface area (Å²) in [6.07, 6.45) is 0. The molecule has 0 aliphatic carbocycles. The van der Waals surface area contributed by atoms with Gasteiger partial charge in [-0.25, -0.2) is 4.39 Å². The molecular weight excluding hydrogens is 235 g/mol. The van der Waals surface area contributed by atoms with E-state index in [0.717, 1.165) is 0 Å². The highest BCUT2D eigenvalue weighted by Gasteiger charge is 2.37. The molecule has 1 aliphatic rings. The van der Waals surface area contributed by atoms with Crippen molar-refractivity contribution in [1.82, 2.24) is 5.32 Å². The Morgan fingerprint density at radius 2 is 2.11 bits per heavy atom. The van der Waals surface area contributed by atoms with E-state index in [9.17, 15) is 14.0 Å². The van der Waals surface area contributed by atoms with Crippen LogP contribution in [0.25, 0.3) is 0 Å². The number of benzene rings is 1. The lowest BCUT2D eigenvalue weighted by Crippen LogP contribution is -2.60. The van der Waals surface area contributed by atoms with Gasteiger partial charge < -0.3 is 5.32 Å². The lowest BCUT2D eigenvalue weighted by Gasteiger charge is -2.37. The van der Waals surface area contributed by atoms with Crippen molar-refractivity contribution in [2.75, 3.05) is 11.4 Å². The van der Waals surface area contributed by atoms with Crippen molar-refractivity contribution in [3.63, 3.8) is 0 Å². The molecule has 1 heterocycles. The minimum absolute atomic E-state index is 0.0431. The molecule has 0 bridgehead atoms. The number of carbonyl (C=O) groups is 2. The topological polar surface area (TPSA) is 49.4 Å². The highest BCUT2D eigenvalue weighted by atomic mass is 19.1. The van der Waals surface area contributed by atoms with Crippen LogP contribution >= 0.6 is 0 Å². The van der Waals surface area contributed by atoms with E-state index in [-0.39, 0.29) is 24.3 Å². The molecule has 1 saturated heterocycles. The van der Waals surface area contributed by atoms with Crippen LogP contribution in [0.4, 0.5) is 10.1 Å². The van der Waals surface area contributed by atoms with Crippen LogP contribution in [0, 0.1) is 11.7 Å². The average Bonchev–Trinajstić information content (AvgIpc) is 2.31. The SMILES string of the molecule is CC(C)C1C(=O)NCC(=O)N1c1cccc(F)c1. The van der Waals surface area contributed by atoms with E-state index in [0.29, 0.717) is 5.69 Å². The largest absolute Gasteiger partial charge is 0.345 e. The highest BCUT2D eigenvalue weighted by Crippen LogP contribution is 2.24. The van der Waals surface area contributed by atoms with Crippen LogP contribution in [0.3, 0.4) is 0 Å². The molecule has 18 heavy (non-hydrogen) atoms. The van der Waals surface area contributed by atoms with Crippen molar-refractivity contribution in [1.29, 1.82) is 0 Å². The van der Waals surface area contributed by atoms with Gasteiger partial charge in [0.15, 0.2) is 0 Å². The van der Waals surface area contributed by atoms with E-state index in [2.05, 4.69) is 5.32 Å². The Labute approximate surface area is 105 Å². The van der Waals surface area contributed by atoms with Crippen LogP contribution in [-0.2, 0) is 9.59 Å². The maximum Gasteiger partial charge on any atom is 0.247 e. The third-order valence-electron chi connectivity index (χ3n) is 2.95. The molecule has 1 fully saturated rings. The summed E-state index contributed by atoms with van der Waals surface area (Å²) in [7, 11) is 0. The Morgan fingerprint density at radius 1 is 1.39 bits per heavy atom. The molecule has 0 radical (unpaired) electrons. The second kappa shape index (κ2) is 4.76. The molecule has 96 valence electrons. The Morgan fingerprint density at radius 3 is 2.72 bits per heavy atom. The zero-order valence-electron chi connectivity index (χ0n) is 10.3. The van der Waals surface area contributed by atoms with Gasteiger partial charge in [0.2, 0.25) is 11.8 Å². The van der Waals surface area contributed by atoms with Gasteiger partial charge >= 0.3 is 0 Å². The van der Waals surface area contributed by atoms with Gasteiger partial charge in [-0.3, -0.25) is 14.5 Å². The predicted octanol–water partition coefficient (Wildman–Crippen LogP) is 1.31. The second-order valence-electron chi connectivity index (χ2n) is 4.65. The first-order valence-electron chi connectivity index (χ1n) is 5.86. The number of anilines is 1. The lowest BCUT2D eigenvalue weighted by molar-refractivity contribution is -0.131. The molecule has 5 heteroatoms. The predicted molar refractivity (Wildman–Crippen MR) is 65.5 cm³/mol. The van der Waals surface area contributed by atoms with Gasteiger partial charge in [0, 0.05) is 5.69 Å². The lowest BCUT2D eigenvalue weighted by atomic mass is 9.98. The molecule has 4 nitrogen and oxygen atoms in total. The van der Waals surface area contributed by atoms with Crippen LogP contribution in [0.5, 0.6) is 0 Å². The number of rotatable bonds is 2. The van der Waals surface area contributed by atoms with E-state index in [1.54, 1.807) is 6.07 Å². The monoisotopic (exact) mass is 250 g/mol. The van der Waals surface area contributed by atoms with Crippen LogP contribution in [0.15, 0.2) is 24.3 Å². The van der Waals surface area contributed by atoms with Crippen LogP contribution in [0.2, 0.25) is 0 Å². The maximum absolute atomic E-state index is 13.2. The zero-order chi connectivity index (χ0) is 13.3. The van der Waals surface area contributed by atoms with E-state index in [4.69, 9.17) is 0 Å². The fourth-order valence-electron chi connectivity index (χ4n) is 2.16. The van der Waals surface area contributed by atoms with E-state index < -0.39 is 11.9 Å².